The van der Waals surface area contributed by atoms with Gasteiger partial charge in [-0.15, -0.1) is 13.2 Å². The van der Waals surface area contributed by atoms with E-state index in [1.165, 1.54) is 4.31 Å². The Bertz CT molecular complexity index is 936. The Hall–Kier alpha value is -2.00. The van der Waals surface area contributed by atoms with Gasteiger partial charge in [0.2, 0.25) is 10.0 Å². The first-order valence-corrected chi connectivity index (χ1v) is 11.0. The summed E-state index contributed by atoms with van der Waals surface area (Å²) in [5.74, 6) is 0.905. The quantitative estimate of drug-likeness (QED) is 0.600. The summed E-state index contributed by atoms with van der Waals surface area (Å²) in [5.41, 5.74) is 1.64. The molecule has 1 aromatic carbocycles. The lowest BCUT2D eigenvalue weighted by Crippen LogP contribution is -2.40. The highest BCUT2D eigenvalue weighted by molar-refractivity contribution is 7.89. The molecule has 7 nitrogen and oxygen atoms in total. The van der Waals surface area contributed by atoms with Crippen LogP contribution in [0.1, 0.15) is 12.7 Å². The fraction of sp³-hybridized carbons (Fsp3) is 0.450. The second-order valence-electron chi connectivity index (χ2n) is 6.71. The molecule has 28 heavy (non-hydrogen) atoms. The van der Waals surface area contributed by atoms with Crippen molar-refractivity contribution in [2.75, 3.05) is 39.4 Å². The average molecular weight is 405 g/mol. The van der Waals surface area contributed by atoms with Crippen LogP contribution in [0.2, 0.25) is 0 Å². The third-order valence-electron chi connectivity index (χ3n) is 4.86. The molecule has 0 bridgehead atoms. The summed E-state index contributed by atoms with van der Waals surface area (Å²) >= 11 is 0. The lowest BCUT2D eigenvalue weighted by molar-refractivity contribution is 0.0730. The second-order valence-corrected chi connectivity index (χ2v) is 8.65. The number of aryl methyl sites for hydroxylation is 1. The fourth-order valence-corrected chi connectivity index (χ4v) is 4.93. The van der Waals surface area contributed by atoms with Crippen molar-refractivity contribution >= 4 is 21.1 Å². The summed E-state index contributed by atoms with van der Waals surface area (Å²) in [4.78, 5) is 7.21. The van der Waals surface area contributed by atoms with Crippen LogP contribution < -0.4 is 0 Å². The van der Waals surface area contributed by atoms with Crippen molar-refractivity contribution in [1.82, 2.24) is 18.8 Å². The van der Waals surface area contributed by atoms with Gasteiger partial charge in [-0.25, -0.2) is 13.4 Å². The molecule has 1 saturated heterocycles. The van der Waals surface area contributed by atoms with Crippen molar-refractivity contribution in [2.24, 2.45) is 0 Å². The van der Waals surface area contributed by atoms with Crippen molar-refractivity contribution in [3.63, 3.8) is 0 Å². The summed E-state index contributed by atoms with van der Waals surface area (Å²) in [7, 11) is -3.54. The summed E-state index contributed by atoms with van der Waals surface area (Å²) in [5, 5.41) is 0. The highest BCUT2D eigenvalue weighted by Crippen LogP contribution is 2.24. The van der Waals surface area contributed by atoms with Gasteiger partial charge >= 0.3 is 0 Å². The Morgan fingerprint density at radius 1 is 1.21 bits per heavy atom. The number of hydrogen-bond donors (Lipinski definition) is 0. The van der Waals surface area contributed by atoms with Crippen LogP contribution in [0.3, 0.4) is 0 Å². The average Bonchev–Trinajstić information content (AvgIpc) is 3.05. The molecule has 152 valence electrons. The van der Waals surface area contributed by atoms with E-state index < -0.39 is 10.0 Å². The predicted octanol–water partition coefficient (Wildman–Crippen LogP) is 2.25. The number of benzene rings is 1. The van der Waals surface area contributed by atoms with E-state index in [0.29, 0.717) is 38.4 Å². The number of hydrogen-bond acceptors (Lipinski definition) is 5. The van der Waals surface area contributed by atoms with Gasteiger partial charge < -0.3 is 9.30 Å². The maximum Gasteiger partial charge on any atom is 0.243 e. The number of morpholine rings is 1. The number of sulfonamides is 1. The Morgan fingerprint density at radius 2 is 1.89 bits per heavy atom. The molecule has 0 N–H and O–H groups in total. The van der Waals surface area contributed by atoms with Crippen LogP contribution in [0.25, 0.3) is 11.0 Å². The standard InChI is InChI=1S/C20H28N4O3S/c1-4-9-22(10-5-2)16-20-21-18-15-17(7-8-19(18)24(20)6-3)28(25,26)23-11-13-27-14-12-23/h4-5,7-8,15H,1-2,6,9-14,16H2,3H3. The van der Waals surface area contributed by atoms with Gasteiger partial charge in [-0.1, -0.05) is 12.2 Å². The van der Waals surface area contributed by atoms with E-state index in [1.807, 2.05) is 18.2 Å². The Balaban J connectivity index is 1.96. The summed E-state index contributed by atoms with van der Waals surface area (Å²) in [6, 6.07) is 5.21. The molecular weight excluding hydrogens is 376 g/mol. The third-order valence-corrected chi connectivity index (χ3v) is 6.76. The molecule has 0 atom stereocenters. The monoisotopic (exact) mass is 404 g/mol. The molecule has 3 rings (SSSR count). The first kappa shape index (κ1) is 20.7. The smallest absolute Gasteiger partial charge is 0.243 e. The lowest BCUT2D eigenvalue weighted by atomic mass is 10.3. The van der Waals surface area contributed by atoms with Crippen LogP contribution in [0.4, 0.5) is 0 Å². The number of fused-ring (bicyclic) bond motifs is 1. The van der Waals surface area contributed by atoms with E-state index >= 15 is 0 Å². The van der Waals surface area contributed by atoms with E-state index in [4.69, 9.17) is 9.72 Å². The van der Waals surface area contributed by atoms with Crippen LogP contribution >= 0.6 is 0 Å². The molecule has 0 saturated carbocycles. The number of nitrogens with zero attached hydrogens (tertiary/aromatic N) is 4. The molecule has 8 heteroatoms. The zero-order valence-corrected chi connectivity index (χ0v) is 17.2. The van der Waals surface area contributed by atoms with E-state index in [1.54, 1.807) is 12.1 Å². The Labute approximate surface area is 167 Å². The van der Waals surface area contributed by atoms with Crippen molar-refractivity contribution in [1.29, 1.82) is 0 Å². The minimum Gasteiger partial charge on any atom is -0.379 e. The number of aromatic nitrogens is 2. The highest BCUT2D eigenvalue weighted by atomic mass is 32.2. The molecule has 0 spiro atoms. The first-order chi connectivity index (χ1) is 13.5. The molecule has 0 aliphatic carbocycles. The molecule has 1 aliphatic rings. The van der Waals surface area contributed by atoms with Gasteiger partial charge in [0.05, 0.1) is 35.7 Å². The maximum atomic E-state index is 12.9. The van der Waals surface area contributed by atoms with Crippen LogP contribution in [0.15, 0.2) is 48.4 Å². The van der Waals surface area contributed by atoms with Gasteiger partial charge in [-0.2, -0.15) is 4.31 Å². The van der Waals surface area contributed by atoms with Crippen LogP contribution in [-0.2, 0) is 27.8 Å². The largest absolute Gasteiger partial charge is 0.379 e. The van der Waals surface area contributed by atoms with Gasteiger partial charge in [0.25, 0.3) is 0 Å². The van der Waals surface area contributed by atoms with E-state index in [0.717, 1.165) is 31.0 Å². The predicted molar refractivity (Wildman–Crippen MR) is 111 cm³/mol. The van der Waals surface area contributed by atoms with E-state index in [9.17, 15) is 8.42 Å². The van der Waals surface area contributed by atoms with Crippen LogP contribution in [-0.4, -0.2) is 66.6 Å². The SMILES string of the molecule is C=CCN(CC=C)Cc1nc2cc(S(=O)(=O)N3CCOCC3)ccc2n1CC. The molecule has 0 amide bonds. The number of imidazole rings is 1. The van der Waals surface area contributed by atoms with Crippen LogP contribution in [0, 0.1) is 0 Å². The van der Waals surface area contributed by atoms with Crippen molar-refractivity contribution in [3.05, 3.63) is 49.3 Å². The Morgan fingerprint density at radius 3 is 2.50 bits per heavy atom. The molecule has 1 aromatic heterocycles. The molecule has 2 aromatic rings. The summed E-state index contributed by atoms with van der Waals surface area (Å²) in [6.07, 6.45) is 3.71. The van der Waals surface area contributed by atoms with Gasteiger partial charge in [0.15, 0.2) is 0 Å². The number of ether oxygens (including phenoxy) is 1. The van der Waals surface area contributed by atoms with Crippen molar-refractivity contribution < 1.29 is 13.2 Å². The number of rotatable bonds is 9. The highest BCUT2D eigenvalue weighted by Gasteiger charge is 2.27. The molecule has 1 fully saturated rings. The first-order valence-electron chi connectivity index (χ1n) is 9.52. The van der Waals surface area contributed by atoms with E-state index in [-0.39, 0.29) is 4.90 Å². The summed E-state index contributed by atoms with van der Waals surface area (Å²) in [6.45, 7) is 14.2. The molecule has 1 aliphatic heterocycles. The van der Waals surface area contributed by atoms with Crippen molar-refractivity contribution in [3.8, 4) is 0 Å². The molecular formula is C20H28N4O3S. The fourth-order valence-electron chi connectivity index (χ4n) is 3.50. The normalized spacial score (nSPS) is 15.9. The molecule has 0 unspecified atom stereocenters. The van der Waals surface area contributed by atoms with Gasteiger partial charge in [0.1, 0.15) is 5.82 Å². The van der Waals surface area contributed by atoms with Crippen molar-refractivity contribution in [2.45, 2.75) is 24.9 Å². The third kappa shape index (κ3) is 4.20. The lowest BCUT2D eigenvalue weighted by Gasteiger charge is -2.26. The minimum atomic E-state index is -3.54. The second kappa shape index (κ2) is 9.00. The topological polar surface area (TPSA) is 67.7 Å². The summed E-state index contributed by atoms with van der Waals surface area (Å²) < 4.78 is 34.8. The zero-order chi connectivity index (χ0) is 20.1. The minimum absolute atomic E-state index is 0.281. The van der Waals surface area contributed by atoms with Crippen LogP contribution in [0.5, 0.6) is 0 Å². The maximum absolute atomic E-state index is 12.9. The molecule has 2 heterocycles. The molecule has 0 radical (unpaired) electrons. The van der Waals surface area contributed by atoms with E-state index in [2.05, 4.69) is 29.5 Å². The zero-order valence-electron chi connectivity index (χ0n) is 16.4. The van der Waals surface area contributed by atoms with Gasteiger partial charge in [-0.05, 0) is 25.1 Å². The van der Waals surface area contributed by atoms with Gasteiger partial charge in [0, 0.05) is 32.7 Å². The van der Waals surface area contributed by atoms with Gasteiger partial charge in [-0.3, -0.25) is 4.90 Å². The Kier molecular flexibility index (Phi) is 6.66.